The van der Waals surface area contributed by atoms with Gasteiger partial charge in [-0.2, -0.15) is 0 Å². The molecule has 3 aliphatic carbocycles. The van der Waals surface area contributed by atoms with Crippen molar-refractivity contribution in [2.75, 3.05) is 13.2 Å². The van der Waals surface area contributed by atoms with E-state index in [4.69, 9.17) is 9.47 Å². The van der Waals surface area contributed by atoms with E-state index in [-0.39, 0.29) is 36.2 Å². The number of allylic oxidation sites excluding steroid dienone is 6. The van der Waals surface area contributed by atoms with E-state index in [0.29, 0.717) is 30.8 Å². The van der Waals surface area contributed by atoms with Crippen LogP contribution in [0.4, 0.5) is 13.2 Å². The van der Waals surface area contributed by atoms with Crippen LogP contribution < -0.4 is 9.47 Å². The van der Waals surface area contributed by atoms with Gasteiger partial charge in [0, 0.05) is 12.0 Å². The molecule has 0 heterocycles. The zero-order valence-corrected chi connectivity index (χ0v) is 20.5. The van der Waals surface area contributed by atoms with Crippen molar-refractivity contribution in [3.8, 4) is 11.5 Å². The molecule has 1 aromatic rings. The molecule has 1 saturated carbocycles. The third-order valence-corrected chi connectivity index (χ3v) is 7.61. The molecule has 0 saturated heterocycles. The molecule has 35 heavy (non-hydrogen) atoms. The molecule has 0 amide bonds. The molecule has 0 aliphatic heterocycles. The van der Waals surface area contributed by atoms with E-state index >= 15 is 8.78 Å². The third kappa shape index (κ3) is 6.03. The average molecular weight is 489 g/mol. The van der Waals surface area contributed by atoms with Crippen LogP contribution in [0.15, 0.2) is 65.3 Å². The Hall–Kier alpha value is -2.47. The van der Waals surface area contributed by atoms with Gasteiger partial charge in [0.25, 0.3) is 0 Å². The predicted octanol–water partition coefficient (Wildman–Crippen LogP) is 7.39. The van der Waals surface area contributed by atoms with Crippen LogP contribution in [0.1, 0.15) is 52.4 Å². The Balaban J connectivity index is 1.31. The largest absolute Gasteiger partial charge is 0.494 e. The number of aliphatic hydroxyl groups is 1. The highest BCUT2D eigenvalue weighted by atomic mass is 19.2. The summed E-state index contributed by atoms with van der Waals surface area (Å²) in [5.74, 6) is -1.56. The summed E-state index contributed by atoms with van der Waals surface area (Å²) in [7, 11) is 0. The fraction of sp³-hybridized carbons (Fsp3) is 0.517. The lowest BCUT2D eigenvalue weighted by atomic mass is 9.73. The molecule has 6 heteroatoms. The fourth-order valence-corrected chi connectivity index (χ4v) is 5.47. The maximum absolute atomic E-state index is 15.1. The van der Waals surface area contributed by atoms with E-state index in [0.717, 1.165) is 31.3 Å². The Morgan fingerprint density at radius 1 is 1.03 bits per heavy atom. The maximum Gasteiger partial charge on any atom is 0.168 e. The summed E-state index contributed by atoms with van der Waals surface area (Å²) in [5.41, 5.74) is 1.39. The van der Waals surface area contributed by atoms with Crippen LogP contribution in [0.3, 0.4) is 0 Å². The van der Waals surface area contributed by atoms with Crippen LogP contribution in [0.2, 0.25) is 0 Å². The lowest BCUT2D eigenvalue weighted by Gasteiger charge is -2.34. The Labute approximate surface area is 206 Å². The van der Waals surface area contributed by atoms with E-state index in [2.05, 4.69) is 0 Å². The Kier molecular flexibility index (Phi) is 8.42. The molecule has 3 atom stereocenters. The van der Waals surface area contributed by atoms with Gasteiger partial charge in [0.15, 0.2) is 17.4 Å². The fourth-order valence-electron chi connectivity index (χ4n) is 5.47. The average Bonchev–Trinajstić information content (AvgIpc) is 2.86. The summed E-state index contributed by atoms with van der Waals surface area (Å²) >= 11 is 0. The van der Waals surface area contributed by atoms with Crippen LogP contribution in [0, 0.1) is 29.5 Å². The standard InChI is InChI=1S/C29H35F3O3/c1-3-34-23-12-15-27(26(30)16-23)35-17-19-4-6-21(7-5-19)24-13-14-25(29(32)28(24)31)22-10-8-20(9-11-22)18(2)33/h4-6,12,14-16,18,20-22,24,33H,3,7-11,13,17H2,1-2H3. The molecular formula is C29H35F3O3. The molecule has 3 unspecified atom stereocenters. The number of hydrogen-bond acceptors (Lipinski definition) is 3. The summed E-state index contributed by atoms with van der Waals surface area (Å²) in [5, 5.41) is 9.80. The SMILES string of the molecule is CCOc1ccc(OCC2=CCC(C3CC=C(C4CCC(C(C)O)CC4)C(F)=C3F)C=C2)c(F)c1. The number of hydrogen-bond donors (Lipinski definition) is 1. The lowest BCUT2D eigenvalue weighted by Crippen LogP contribution is -2.26. The van der Waals surface area contributed by atoms with Gasteiger partial charge in [-0.25, -0.2) is 13.2 Å². The number of rotatable bonds is 8. The van der Waals surface area contributed by atoms with Crippen LogP contribution >= 0.6 is 0 Å². The van der Waals surface area contributed by atoms with Crippen molar-refractivity contribution in [3.63, 3.8) is 0 Å². The number of aliphatic hydroxyl groups excluding tert-OH is 1. The first-order chi connectivity index (χ1) is 16.9. The molecule has 1 fully saturated rings. The van der Waals surface area contributed by atoms with Crippen LogP contribution in [0.25, 0.3) is 0 Å². The lowest BCUT2D eigenvalue weighted by molar-refractivity contribution is 0.0924. The smallest absolute Gasteiger partial charge is 0.168 e. The number of benzene rings is 1. The predicted molar refractivity (Wildman–Crippen MR) is 131 cm³/mol. The van der Waals surface area contributed by atoms with Gasteiger partial charge in [-0.05, 0) is 93.4 Å². The Bertz CT molecular complexity index is 1020. The van der Waals surface area contributed by atoms with E-state index in [1.807, 2.05) is 31.2 Å². The van der Waals surface area contributed by atoms with E-state index in [1.165, 1.54) is 6.07 Å². The molecule has 1 aromatic carbocycles. The molecule has 3 nitrogen and oxygen atoms in total. The highest BCUT2D eigenvalue weighted by Crippen LogP contribution is 2.45. The van der Waals surface area contributed by atoms with Gasteiger partial charge in [-0.15, -0.1) is 0 Å². The summed E-state index contributed by atoms with van der Waals surface area (Å²) in [4.78, 5) is 0. The molecule has 3 aliphatic rings. The van der Waals surface area contributed by atoms with Gasteiger partial charge in [0.05, 0.1) is 12.7 Å². The van der Waals surface area contributed by atoms with Gasteiger partial charge in [0.2, 0.25) is 0 Å². The van der Waals surface area contributed by atoms with Crippen LogP contribution in [-0.2, 0) is 0 Å². The quantitative estimate of drug-likeness (QED) is 0.415. The highest BCUT2D eigenvalue weighted by molar-refractivity contribution is 5.37. The normalized spacial score (nSPS) is 27.8. The second-order valence-electron chi connectivity index (χ2n) is 9.87. The van der Waals surface area contributed by atoms with Crippen molar-refractivity contribution in [1.82, 2.24) is 0 Å². The van der Waals surface area contributed by atoms with Crippen LogP contribution in [-0.4, -0.2) is 24.4 Å². The summed E-state index contributed by atoms with van der Waals surface area (Å²) in [6.45, 7) is 4.30. The maximum atomic E-state index is 15.1. The zero-order valence-electron chi connectivity index (χ0n) is 20.5. The van der Waals surface area contributed by atoms with Crippen LogP contribution in [0.5, 0.6) is 11.5 Å². The first-order valence-electron chi connectivity index (χ1n) is 12.7. The zero-order chi connectivity index (χ0) is 24.9. The number of ether oxygens (including phenoxy) is 2. The first kappa shape index (κ1) is 25.6. The van der Waals surface area contributed by atoms with E-state index in [9.17, 15) is 9.50 Å². The Morgan fingerprint density at radius 3 is 2.43 bits per heavy atom. The van der Waals surface area contributed by atoms with Gasteiger partial charge in [-0.1, -0.05) is 24.3 Å². The van der Waals surface area contributed by atoms with E-state index in [1.54, 1.807) is 19.1 Å². The van der Waals surface area contributed by atoms with Gasteiger partial charge in [-0.3, -0.25) is 0 Å². The van der Waals surface area contributed by atoms with E-state index < -0.39 is 23.4 Å². The van der Waals surface area contributed by atoms with Gasteiger partial charge < -0.3 is 14.6 Å². The van der Waals surface area contributed by atoms with Gasteiger partial charge in [0.1, 0.15) is 18.2 Å². The minimum atomic E-state index is -0.681. The minimum Gasteiger partial charge on any atom is -0.494 e. The monoisotopic (exact) mass is 488 g/mol. The minimum absolute atomic E-state index is 0.0326. The molecule has 0 spiro atoms. The van der Waals surface area contributed by atoms with Crippen molar-refractivity contribution in [2.45, 2.75) is 58.5 Å². The topological polar surface area (TPSA) is 38.7 Å². The molecule has 0 radical (unpaired) electrons. The first-order valence-corrected chi connectivity index (χ1v) is 12.7. The van der Waals surface area contributed by atoms with Crippen molar-refractivity contribution in [1.29, 1.82) is 0 Å². The molecule has 4 rings (SSSR count). The van der Waals surface area contributed by atoms with Gasteiger partial charge >= 0.3 is 0 Å². The Morgan fingerprint density at radius 2 is 1.80 bits per heavy atom. The number of halogens is 3. The molecule has 190 valence electrons. The van der Waals surface area contributed by atoms with Crippen molar-refractivity contribution in [3.05, 3.63) is 71.1 Å². The summed E-state index contributed by atoms with van der Waals surface area (Å²) < 4.78 is 55.3. The molecular weight excluding hydrogens is 453 g/mol. The summed E-state index contributed by atoms with van der Waals surface area (Å²) in [6.07, 6.45) is 11.6. The molecule has 0 aromatic heterocycles. The van der Waals surface area contributed by atoms with Crippen molar-refractivity contribution >= 4 is 0 Å². The van der Waals surface area contributed by atoms with Crippen molar-refractivity contribution < 1.29 is 27.8 Å². The third-order valence-electron chi connectivity index (χ3n) is 7.61. The van der Waals surface area contributed by atoms with Crippen molar-refractivity contribution in [2.24, 2.45) is 23.7 Å². The molecule has 0 bridgehead atoms. The summed E-state index contributed by atoms with van der Waals surface area (Å²) in [6, 6.07) is 4.51. The highest BCUT2D eigenvalue weighted by Gasteiger charge is 2.35. The molecule has 1 N–H and O–H groups in total. The second kappa shape index (κ2) is 11.5. The second-order valence-corrected chi connectivity index (χ2v) is 9.87.